The first-order valence-corrected chi connectivity index (χ1v) is 14.0. The van der Waals surface area contributed by atoms with Crippen LogP contribution >= 0.6 is 11.3 Å². The smallest absolute Gasteiger partial charge is 0.251 e. The summed E-state index contributed by atoms with van der Waals surface area (Å²) >= 11 is 1.71. The van der Waals surface area contributed by atoms with Crippen LogP contribution in [-0.4, -0.2) is 55.8 Å². The van der Waals surface area contributed by atoms with E-state index in [-0.39, 0.29) is 22.9 Å². The van der Waals surface area contributed by atoms with Crippen LogP contribution in [0.15, 0.2) is 46.7 Å². The van der Waals surface area contributed by atoms with Gasteiger partial charge in [0.15, 0.2) is 0 Å². The molecule has 4 rings (SSSR count). The van der Waals surface area contributed by atoms with E-state index in [0.29, 0.717) is 18.7 Å². The highest BCUT2D eigenvalue weighted by molar-refractivity contribution is 7.89. The predicted octanol–water partition coefficient (Wildman–Crippen LogP) is 4.27. The summed E-state index contributed by atoms with van der Waals surface area (Å²) in [7, 11) is -3.59. The number of benzene rings is 1. The Hall–Kier alpha value is -1.74. The molecule has 0 radical (unpaired) electrons. The van der Waals surface area contributed by atoms with E-state index < -0.39 is 10.0 Å². The number of amides is 1. The molecule has 2 aliphatic heterocycles. The maximum atomic E-state index is 13.2. The van der Waals surface area contributed by atoms with Gasteiger partial charge in [-0.2, -0.15) is 4.31 Å². The van der Waals surface area contributed by atoms with Crippen molar-refractivity contribution >= 4 is 27.3 Å². The number of carbonyl (C=O) groups is 1. The summed E-state index contributed by atoms with van der Waals surface area (Å²) in [6.45, 7) is 5.21. The Kier molecular flexibility index (Phi) is 7.66. The summed E-state index contributed by atoms with van der Waals surface area (Å²) in [5, 5.41) is 5.22. The van der Waals surface area contributed by atoms with Gasteiger partial charge in [0, 0.05) is 29.6 Å². The van der Waals surface area contributed by atoms with Crippen molar-refractivity contribution in [1.29, 1.82) is 0 Å². The molecule has 2 aromatic rings. The number of carbonyl (C=O) groups excluding carboxylic acids is 1. The molecule has 0 unspecified atom stereocenters. The van der Waals surface area contributed by atoms with Crippen LogP contribution in [0.1, 0.15) is 66.7 Å². The largest absolute Gasteiger partial charge is 0.348 e. The molecule has 0 bridgehead atoms. The van der Waals surface area contributed by atoms with Crippen molar-refractivity contribution in [3.8, 4) is 0 Å². The Labute approximate surface area is 195 Å². The number of hydrogen-bond acceptors (Lipinski definition) is 5. The van der Waals surface area contributed by atoms with Crippen molar-refractivity contribution in [2.24, 2.45) is 0 Å². The Balaban J connectivity index is 1.50. The average Bonchev–Trinajstić information content (AvgIpc) is 3.44. The highest BCUT2D eigenvalue weighted by Crippen LogP contribution is 2.31. The third-order valence-electron chi connectivity index (χ3n) is 6.50. The topological polar surface area (TPSA) is 69.7 Å². The van der Waals surface area contributed by atoms with Gasteiger partial charge in [-0.3, -0.25) is 9.69 Å². The minimum Gasteiger partial charge on any atom is -0.348 e. The van der Waals surface area contributed by atoms with Crippen LogP contribution in [0.4, 0.5) is 0 Å². The minimum absolute atomic E-state index is 0.0925. The fourth-order valence-electron chi connectivity index (χ4n) is 4.82. The first-order valence-electron chi connectivity index (χ1n) is 11.7. The van der Waals surface area contributed by atoms with Crippen LogP contribution in [0.2, 0.25) is 0 Å². The lowest BCUT2D eigenvalue weighted by Crippen LogP contribution is -2.43. The van der Waals surface area contributed by atoms with Crippen LogP contribution < -0.4 is 5.32 Å². The van der Waals surface area contributed by atoms with Crippen LogP contribution in [0, 0.1) is 0 Å². The summed E-state index contributed by atoms with van der Waals surface area (Å²) < 4.78 is 27.9. The zero-order chi connectivity index (χ0) is 22.6. The minimum atomic E-state index is -3.59. The van der Waals surface area contributed by atoms with Gasteiger partial charge >= 0.3 is 0 Å². The van der Waals surface area contributed by atoms with Crippen LogP contribution in [0.3, 0.4) is 0 Å². The number of nitrogens with one attached hydrogen (secondary N) is 1. The standard InChI is InChI=1S/C24H33N3O3S2/c1-19(23(22-12-9-17-31-22)26-13-6-7-14-26)25-24(28)20-10-8-11-21(18-20)32(29,30)27-15-4-2-3-5-16-27/h8-12,17-19,23H,2-7,13-16H2,1H3,(H,25,28)/t19-,23-/m1/s1. The summed E-state index contributed by atoms with van der Waals surface area (Å²) in [6, 6.07) is 10.7. The molecule has 1 amide bonds. The molecule has 0 aliphatic carbocycles. The fraction of sp³-hybridized carbons (Fsp3) is 0.542. The van der Waals surface area contributed by atoms with E-state index >= 15 is 0 Å². The van der Waals surface area contributed by atoms with E-state index in [2.05, 4.69) is 27.7 Å². The molecule has 1 aromatic carbocycles. The number of sulfonamides is 1. The molecule has 6 nitrogen and oxygen atoms in total. The zero-order valence-electron chi connectivity index (χ0n) is 18.7. The van der Waals surface area contributed by atoms with Crippen LogP contribution in [0.5, 0.6) is 0 Å². The number of hydrogen-bond donors (Lipinski definition) is 1. The number of nitrogens with zero attached hydrogens (tertiary/aromatic N) is 2. The van der Waals surface area contributed by atoms with Crippen molar-refractivity contribution in [2.75, 3.05) is 26.2 Å². The van der Waals surface area contributed by atoms with Gasteiger partial charge in [-0.05, 0) is 75.3 Å². The third-order valence-corrected chi connectivity index (χ3v) is 9.34. The molecule has 0 saturated carbocycles. The number of rotatable bonds is 7. The van der Waals surface area contributed by atoms with Crippen molar-refractivity contribution in [3.63, 3.8) is 0 Å². The number of thiophene rings is 1. The van der Waals surface area contributed by atoms with Gasteiger partial charge in [-0.1, -0.05) is 25.0 Å². The molecule has 3 heterocycles. The lowest BCUT2D eigenvalue weighted by molar-refractivity contribution is 0.0907. The molecule has 0 spiro atoms. The van der Waals surface area contributed by atoms with E-state index in [9.17, 15) is 13.2 Å². The van der Waals surface area contributed by atoms with Crippen molar-refractivity contribution < 1.29 is 13.2 Å². The second-order valence-corrected chi connectivity index (χ2v) is 11.7. The van der Waals surface area contributed by atoms with Gasteiger partial charge in [-0.15, -0.1) is 11.3 Å². The van der Waals surface area contributed by atoms with Crippen molar-refractivity contribution in [3.05, 3.63) is 52.2 Å². The molecule has 1 aromatic heterocycles. The van der Waals surface area contributed by atoms with E-state index in [1.807, 2.05) is 6.92 Å². The lowest BCUT2D eigenvalue weighted by atomic mass is 10.1. The third kappa shape index (κ3) is 5.25. The summed E-state index contributed by atoms with van der Waals surface area (Å²) in [4.78, 5) is 17.0. The van der Waals surface area contributed by atoms with Gasteiger partial charge < -0.3 is 5.32 Å². The highest BCUT2D eigenvalue weighted by atomic mass is 32.2. The Bertz CT molecular complexity index is 993. The van der Waals surface area contributed by atoms with Gasteiger partial charge in [0.05, 0.1) is 10.9 Å². The van der Waals surface area contributed by atoms with Gasteiger partial charge in [0.25, 0.3) is 5.91 Å². The SMILES string of the molecule is C[C@@H](NC(=O)c1cccc(S(=O)(=O)N2CCCCCC2)c1)[C@H](c1cccs1)N1CCCC1. The summed E-state index contributed by atoms with van der Waals surface area (Å²) in [6.07, 6.45) is 6.26. The van der Waals surface area contributed by atoms with Crippen molar-refractivity contribution in [1.82, 2.24) is 14.5 Å². The molecule has 2 atom stereocenters. The second kappa shape index (κ2) is 10.5. The van der Waals surface area contributed by atoms with Crippen LogP contribution in [-0.2, 0) is 10.0 Å². The second-order valence-electron chi connectivity index (χ2n) is 8.81. The highest BCUT2D eigenvalue weighted by Gasteiger charge is 2.31. The lowest BCUT2D eigenvalue weighted by Gasteiger charge is -2.32. The first-order chi connectivity index (χ1) is 15.5. The molecule has 174 valence electrons. The summed E-state index contributed by atoms with van der Waals surface area (Å²) in [5.41, 5.74) is 0.388. The molecule has 32 heavy (non-hydrogen) atoms. The zero-order valence-corrected chi connectivity index (χ0v) is 20.3. The quantitative estimate of drug-likeness (QED) is 0.649. The number of likely N-dealkylation sites (tertiary alicyclic amines) is 1. The maximum Gasteiger partial charge on any atom is 0.251 e. The molecule has 2 saturated heterocycles. The van der Waals surface area contributed by atoms with E-state index in [0.717, 1.165) is 38.8 Å². The van der Waals surface area contributed by atoms with Crippen LogP contribution in [0.25, 0.3) is 0 Å². The molecule has 8 heteroatoms. The Morgan fingerprint density at radius 3 is 2.31 bits per heavy atom. The molecule has 2 aliphatic rings. The summed E-state index contributed by atoms with van der Waals surface area (Å²) in [5.74, 6) is -0.230. The van der Waals surface area contributed by atoms with E-state index in [1.165, 1.54) is 23.8 Å². The Morgan fingerprint density at radius 1 is 0.969 bits per heavy atom. The van der Waals surface area contributed by atoms with Crippen molar-refractivity contribution in [2.45, 2.75) is 62.4 Å². The predicted molar refractivity (Wildman–Crippen MR) is 128 cm³/mol. The first kappa shape index (κ1) is 23.4. The fourth-order valence-corrected chi connectivity index (χ4v) is 7.35. The maximum absolute atomic E-state index is 13.2. The van der Waals surface area contributed by atoms with Gasteiger partial charge in [0.2, 0.25) is 10.0 Å². The van der Waals surface area contributed by atoms with E-state index in [1.54, 1.807) is 33.8 Å². The van der Waals surface area contributed by atoms with E-state index in [4.69, 9.17) is 0 Å². The van der Waals surface area contributed by atoms with Gasteiger partial charge in [0.1, 0.15) is 0 Å². The molecular weight excluding hydrogens is 442 g/mol. The van der Waals surface area contributed by atoms with Gasteiger partial charge in [-0.25, -0.2) is 8.42 Å². The average molecular weight is 476 g/mol. The molecule has 1 N–H and O–H groups in total. The monoisotopic (exact) mass is 475 g/mol. The molecule has 2 fully saturated rings. The molecular formula is C24H33N3O3S2. The Morgan fingerprint density at radius 2 is 1.66 bits per heavy atom. The normalized spacial score (nSPS) is 20.5.